The van der Waals surface area contributed by atoms with Gasteiger partial charge in [0.2, 0.25) is 0 Å². The van der Waals surface area contributed by atoms with Gasteiger partial charge in [0.15, 0.2) is 5.11 Å². The lowest BCUT2D eigenvalue weighted by Crippen LogP contribution is -2.29. The van der Waals surface area contributed by atoms with E-state index in [2.05, 4.69) is 15.6 Å². The molecule has 0 fully saturated rings. The molecule has 110 valence electrons. The van der Waals surface area contributed by atoms with E-state index in [1.807, 2.05) is 31.1 Å². The third-order valence-electron chi connectivity index (χ3n) is 2.85. The maximum absolute atomic E-state index is 13.5. The monoisotopic (exact) mass is 304 g/mol. The molecule has 0 atom stereocenters. The fourth-order valence-electron chi connectivity index (χ4n) is 1.88. The van der Waals surface area contributed by atoms with Gasteiger partial charge in [-0.15, -0.1) is 0 Å². The lowest BCUT2D eigenvalue weighted by molar-refractivity contribution is 0.632. The van der Waals surface area contributed by atoms with E-state index in [0.717, 1.165) is 11.4 Å². The molecular weight excluding hydrogens is 287 g/mol. The molecule has 2 aromatic rings. The Morgan fingerprint density at radius 3 is 2.71 bits per heavy atom. The molecule has 0 aliphatic heterocycles. The Kier molecular flexibility index (Phi) is 5.05. The number of halogens is 1. The fraction of sp³-hybridized carbons (Fsp3) is 0.200. The Morgan fingerprint density at radius 2 is 2.00 bits per heavy atom. The van der Waals surface area contributed by atoms with Crippen molar-refractivity contribution >= 4 is 28.8 Å². The molecule has 21 heavy (non-hydrogen) atoms. The van der Waals surface area contributed by atoms with Crippen molar-refractivity contribution in [2.75, 3.05) is 24.3 Å². The zero-order valence-electron chi connectivity index (χ0n) is 11.9. The molecule has 2 N–H and O–H groups in total. The summed E-state index contributed by atoms with van der Waals surface area (Å²) in [6, 6.07) is 10.3. The molecule has 0 radical (unpaired) electrons. The van der Waals surface area contributed by atoms with Gasteiger partial charge >= 0.3 is 0 Å². The third-order valence-corrected chi connectivity index (χ3v) is 3.10. The highest BCUT2D eigenvalue weighted by Gasteiger charge is 2.07. The third kappa shape index (κ3) is 4.13. The predicted molar refractivity (Wildman–Crippen MR) is 88.0 cm³/mol. The number of aromatic nitrogens is 1. The molecule has 4 nitrogen and oxygen atoms in total. The van der Waals surface area contributed by atoms with Crippen LogP contribution in [0, 0.1) is 5.82 Å². The van der Waals surface area contributed by atoms with Gasteiger partial charge in [-0.1, -0.05) is 18.2 Å². The minimum absolute atomic E-state index is 0.336. The number of para-hydroxylation sites is 1. The number of anilines is 2. The number of hydrogen-bond donors (Lipinski definition) is 2. The molecule has 2 rings (SSSR count). The van der Waals surface area contributed by atoms with Crippen molar-refractivity contribution in [3.05, 3.63) is 54.0 Å². The van der Waals surface area contributed by atoms with Gasteiger partial charge in [-0.2, -0.15) is 0 Å². The van der Waals surface area contributed by atoms with E-state index in [1.54, 1.807) is 24.4 Å². The maximum atomic E-state index is 13.5. The first kappa shape index (κ1) is 15.2. The number of rotatable bonds is 4. The van der Waals surface area contributed by atoms with Crippen LogP contribution in [-0.4, -0.2) is 24.2 Å². The number of pyridine rings is 1. The van der Waals surface area contributed by atoms with Crippen LogP contribution in [0.25, 0.3) is 0 Å². The van der Waals surface area contributed by atoms with Crippen molar-refractivity contribution < 1.29 is 4.39 Å². The number of thiocarbonyl (C=S) groups is 1. The van der Waals surface area contributed by atoms with Crippen LogP contribution in [0.15, 0.2) is 42.6 Å². The van der Waals surface area contributed by atoms with E-state index in [1.165, 1.54) is 6.07 Å². The van der Waals surface area contributed by atoms with E-state index >= 15 is 0 Å². The van der Waals surface area contributed by atoms with Gasteiger partial charge in [-0.25, -0.2) is 9.37 Å². The van der Waals surface area contributed by atoms with Crippen LogP contribution in [0.3, 0.4) is 0 Å². The second kappa shape index (κ2) is 6.99. The van der Waals surface area contributed by atoms with Gasteiger partial charge in [0.1, 0.15) is 11.6 Å². The van der Waals surface area contributed by atoms with E-state index < -0.39 is 0 Å². The average Bonchev–Trinajstić information content (AvgIpc) is 2.48. The van der Waals surface area contributed by atoms with E-state index in [9.17, 15) is 4.39 Å². The van der Waals surface area contributed by atoms with Crippen molar-refractivity contribution in [1.29, 1.82) is 0 Å². The van der Waals surface area contributed by atoms with Gasteiger partial charge in [0.05, 0.1) is 5.69 Å². The topological polar surface area (TPSA) is 40.2 Å². The Labute approximate surface area is 129 Å². The van der Waals surface area contributed by atoms with Crippen molar-refractivity contribution in [2.24, 2.45) is 0 Å². The summed E-state index contributed by atoms with van der Waals surface area (Å²) in [6.45, 7) is 0.516. The predicted octanol–water partition coefficient (Wildman–Crippen LogP) is 2.77. The van der Waals surface area contributed by atoms with Crippen LogP contribution in [0.4, 0.5) is 15.9 Å². The Hall–Kier alpha value is -2.21. The highest BCUT2D eigenvalue weighted by Crippen LogP contribution is 2.15. The lowest BCUT2D eigenvalue weighted by Gasteiger charge is -2.17. The quantitative estimate of drug-likeness (QED) is 0.850. The van der Waals surface area contributed by atoms with Crippen LogP contribution in [-0.2, 0) is 6.54 Å². The molecule has 1 aromatic carbocycles. The summed E-state index contributed by atoms with van der Waals surface area (Å²) < 4.78 is 13.5. The van der Waals surface area contributed by atoms with Crippen LogP contribution < -0.4 is 15.5 Å². The molecule has 0 amide bonds. The van der Waals surface area contributed by atoms with Crippen LogP contribution in [0.2, 0.25) is 0 Å². The lowest BCUT2D eigenvalue weighted by atomic mass is 10.2. The number of benzene rings is 1. The van der Waals surface area contributed by atoms with E-state index in [4.69, 9.17) is 12.2 Å². The normalized spacial score (nSPS) is 10.0. The van der Waals surface area contributed by atoms with Gasteiger partial charge in [0.25, 0.3) is 0 Å². The summed E-state index contributed by atoms with van der Waals surface area (Å²) in [4.78, 5) is 6.25. The SMILES string of the molecule is CN(C)c1ncccc1CNC(=S)Nc1ccccc1F. The smallest absolute Gasteiger partial charge is 0.171 e. The molecule has 0 aliphatic rings. The van der Waals surface area contributed by atoms with Crippen LogP contribution >= 0.6 is 12.2 Å². The van der Waals surface area contributed by atoms with Crippen molar-refractivity contribution in [3.63, 3.8) is 0 Å². The summed E-state index contributed by atoms with van der Waals surface area (Å²) in [6.07, 6.45) is 1.74. The molecule has 0 saturated carbocycles. The van der Waals surface area contributed by atoms with Crippen molar-refractivity contribution in [3.8, 4) is 0 Å². The molecule has 6 heteroatoms. The van der Waals surface area contributed by atoms with Gasteiger partial charge in [0, 0.05) is 32.4 Å². The minimum atomic E-state index is -0.336. The summed E-state index contributed by atoms with van der Waals surface area (Å²) in [7, 11) is 3.86. The summed E-state index contributed by atoms with van der Waals surface area (Å²) in [5.41, 5.74) is 1.37. The number of nitrogens with one attached hydrogen (secondary N) is 2. The zero-order valence-corrected chi connectivity index (χ0v) is 12.7. The van der Waals surface area contributed by atoms with Gasteiger partial charge in [-0.3, -0.25) is 0 Å². The highest BCUT2D eigenvalue weighted by molar-refractivity contribution is 7.80. The van der Waals surface area contributed by atoms with Gasteiger partial charge < -0.3 is 15.5 Å². The molecule has 0 saturated heterocycles. The fourth-order valence-corrected chi connectivity index (χ4v) is 2.06. The minimum Gasteiger partial charge on any atom is -0.362 e. The highest BCUT2D eigenvalue weighted by atomic mass is 32.1. The summed E-state index contributed by atoms with van der Waals surface area (Å²) >= 11 is 5.18. The van der Waals surface area contributed by atoms with Crippen LogP contribution in [0.1, 0.15) is 5.56 Å². The molecular formula is C15H17FN4S. The molecule has 0 spiro atoms. The first-order valence-corrected chi connectivity index (χ1v) is 6.89. The van der Waals surface area contributed by atoms with Crippen molar-refractivity contribution in [2.45, 2.75) is 6.54 Å². The second-order valence-corrected chi connectivity index (χ2v) is 5.08. The molecule has 1 heterocycles. The first-order valence-electron chi connectivity index (χ1n) is 6.48. The summed E-state index contributed by atoms with van der Waals surface area (Å²) in [5.74, 6) is 0.538. The molecule has 0 unspecified atom stereocenters. The van der Waals surface area contributed by atoms with Crippen molar-refractivity contribution in [1.82, 2.24) is 10.3 Å². The summed E-state index contributed by atoms with van der Waals surface area (Å²) in [5, 5.41) is 6.27. The first-order chi connectivity index (χ1) is 10.1. The Morgan fingerprint density at radius 1 is 1.24 bits per heavy atom. The zero-order chi connectivity index (χ0) is 15.2. The molecule has 0 bridgehead atoms. The Bertz CT molecular complexity index is 631. The van der Waals surface area contributed by atoms with Gasteiger partial charge in [-0.05, 0) is 30.4 Å². The largest absolute Gasteiger partial charge is 0.362 e. The number of hydrogen-bond acceptors (Lipinski definition) is 3. The van der Waals surface area contributed by atoms with E-state index in [-0.39, 0.29) is 5.82 Å². The second-order valence-electron chi connectivity index (χ2n) is 4.67. The Balaban J connectivity index is 1.97. The molecule has 0 aliphatic carbocycles. The maximum Gasteiger partial charge on any atom is 0.171 e. The van der Waals surface area contributed by atoms with E-state index in [0.29, 0.717) is 17.3 Å². The average molecular weight is 304 g/mol. The number of nitrogens with zero attached hydrogens (tertiary/aromatic N) is 2. The van der Waals surface area contributed by atoms with Crippen LogP contribution in [0.5, 0.6) is 0 Å². The molecule has 1 aromatic heterocycles. The standard InChI is InChI=1S/C15H17FN4S/c1-20(2)14-11(6-5-9-17-14)10-18-15(21)19-13-8-4-3-7-12(13)16/h3-9H,10H2,1-2H3,(H2,18,19,21).